The zero-order valence-corrected chi connectivity index (χ0v) is 11.7. The number of amides is 2. The van der Waals surface area contributed by atoms with Crippen LogP contribution < -0.4 is 10.6 Å². The number of aromatic carboxylic acids is 1. The molecule has 3 N–H and O–H groups in total. The van der Waals surface area contributed by atoms with Gasteiger partial charge in [-0.1, -0.05) is 12.1 Å². The van der Waals surface area contributed by atoms with Gasteiger partial charge in [0.05, 0.1) is 23.1 Å². The van der Waals surface area contributed by atoms with Gasteiger partial charge in [-0.3, -0.25) is 4.98 Å². The number of urea groups is 1. The lowest BCUT2D eigenvalue weighted by Gasteiger charge is -2.12. The number of carbonyl (C=O) groups is 2. The summed E-state index contributed by atoms with van der Waals surface area (Å²) in [7, 11) is 0. The van der Waals surface area contributed by atoms with Gasteiger partial charge < -0.3 is 15.7 Å². The second-order valence-electron chi connectivity index (χ2n) is 4.57. The van der Waals surface area contributed by atoms with Gasteiger partial charge in [0.25, 0.3) is 0 Å². The Morgan fingerprint density at radius 1 is 1.05 bits per heavy atom. The Labute approximate surface area is 121 Å². The van der Waals surface area contributed by atoms with Gasteiger partial charge in [-0.2, -0.15) is 0 Å². The van der Waals surface area contributed by atoms with E-state index in [1.807, 2.05) is 6.92 Å². The van der Waals surface area contributed by atoms with E-state index in [-0.39, 0.29) is 11.3 Å². The number of hydrogen-bond acceptors (Lipinski definition) is 3. The van der Waals surface area contributed by atoms with E-state index in [1.165, 1.54) is 6.20 Å². The molecular formula is C15H15N3O3. The largest absolute Gasteiger partial charge is 0.478 e. The Morgan fingerprint density at radius 2 is 1.76 bits per heavy atom. The summed E-state index contributed by atoms with van der Waals surface area (Å²) in [4.78, 5) is 27.2. The molecule has 0 fully saturated rings. The van der Waals surface area contributed by atoms with E-state index in [0.29, 0.717) is 11.3 Å². The van der Waals surface area contributed by atoms with Crippen molar-refractivity contribution in [2.45, 2.75) is 13.8 Å². The Balaban J connectivity index is 2.19. The molecule has 0 saturated heterocycles. The summed E-state index contributed by atoms with van der Waals surface area (Å²) >= 11 is 0. The summed E-state index contributed by atoms with van der Waals surface area (Å²) in [6.07, 6.45) is 3.16. The molecule has 108 valence electrons. The number of carbonyl (C=O) groups excluding carboxylic acids is 1. The van der Waals surface area contributed by atoms with E-state index < -0.39 is 12.0 Å². The van der Waals surface area contributed by atoms with E-state index >= 15 is 0 Å². The van der Waals surface area contributed by atoms with E-state index in [9.17, 15) is 14.7 Å². The first-order valence-corrected chi connectivity index (χ1v) is 6.30. The number of anilines is 2. The fourth-order valence-electron chi connectivity index (χ4n) is 1.93. The van der Waals surface area contributed by atoms with Crippen LogP contribution in [-0.4, -0.2) is 22.1 Å². The van der Waals surface area contributed by atoms with Crippen molar-refractivity contribution in [3.8, 4) is 0 Å². The molecule has 0 bridgehead atoms. The number of aryl methyl sites for hydroxylation is 2. The van der Waals surface area contributed by atoms with Gasteiger partial charge in [-0.05, 0) is 37.1 Å². The van der Waals surface area contributed by atoms with Crippen LogP contribution >= 0.6 is 0 Å². The molecule has 6 heteroatoms. The van der Waals surface area contributed by atoms with Gasteiger partial charge in [0.15, 0.2) is 0 Å². The third-order valence-electron chi connectivity index (χ3n) is 3.02. The third-order valence-corrected chi connectivity index (χ3v) is 3.02. The van der Waals surface area contributed by atoms with Crippen molar-refractivity contribution < 1.29 is 14.7 Å². The standard InChI is InChI=1S/C15H15N3O3/c1-9-6-7-16-8-12(9)18-15(21)17-11-5-3-4-10(2)13(11)14(19)20/h3-8H,1-2H3,(H,19,20)(H2,17,18,21). The third kappa shape index (κ3) is 3.36. The number of pyridine rings is 1. The summed E-state index contributed by atoms with van der Waals surface area (Å²) < 4.78 is 0. The van der Waals surface area contributed by atoms with Crippen molar-refractivity contribution in [3.63, 3.8) is 0 Å². The molecule has 1 heterocycles. The summed E-state index contributed by atoms with van der Waals surface area (Å²) in [6.45, 7) is 3.52. The predicted molar refractivity (Wildman–Crippen MR) is 79.8 cm³/mol. The fraction of sp³-hybridized carbons (Fsp3) is 0.133. The molecule has 2 aromatic rings. The summed E-state index contributed by atoms with van der Waals surface area (Å²) in [5, 5.41) is 14.4. The molecule has 2 amide bonds. The normalized spacial score (nSPS) is 10.0. The van der Waals surface area contributed by atoms with Crippen LogP contribution in [0.1, 0.15) is 21.5 Å². The van der Waals surface area contributed by atoms with Crippen LogP contribution in [0.2, 0.25) is 0 Å². The van der Waals surface area contributed by atoms with Gasteiger partial charge in [-0.15, -0.1) is 0 Å². The maximum Gasteiger partial charge on any atom is 0.338 e. The quantitative estimate of drug-likeness (QED) is 0.808. The van der Waals surface area contributed by atoms with Crippen LogP contribution in [0.15, 0.2) is 36.7 Å². The summed E-state index contributed by atoms with van der Waals surface area (Å²) in [6, 6.07) is 6.17. The van der Waals surface area contributed by atoms with Crippen molar-refractivity contribution >= 4 is 23.4 Å². The highest BCUT2D eigenvalue weighted by molar-refractivity contribution is 6.05. The molecule has 0 aliphatic heterocycles. The highest BCUT2D eigenvalue weighted by Crippen LogP contribution is 2.20. The highest BCUT2D eigenvalue weighted by atomic mass is 16.4. The van der Waals surface area contributed by atoms with Gasteiger partial charge in [0.2, 0.25) is 0 Å². The van der Waals surface area contributed by atoms with Crippen molar-refractivity contribution in [1.82, 2.24) is 4.98 Å². The van der Waals surface area contributed by atoms with Crippen LogP contribution in [0.3, 0.4) is 0 Å². The number of aromatic nitrogens is 1. The van der Waals surface area contributed by atoms with Crippen LogP contribution in [0, 0.1) is 13.8 Å². The molecule has 0 unspecified atom stereocenters. The molecule has 0 aliphatic rings. The Morgan fingerprint density at radius 3 is 2.43 bits per heavy atom. The first kappa shape index (κ1) is 14.5. The minimum Gasteiger partial charge on any atom is -0.478 e. The molecule has 0 spiro atoms. The van der Waals surface area contributed by atoms with Crippen molar-refractivity contribution in [2.75, 3.05) is 10.6 Å². The van der Waals surface area contributed by atoms with Crippen LogP contribution in [0.25, 0.3) is 0 Å². The van der Waals surface area contributed by atoms with E-state index in [0.717, 1.165) is 5.56 Å². The first-order chi connectivity index (χ1) is 9.99. The number of hydrogen-bond donors (Lipinski definition) is 3. The molecule has 0 aliphatic carbocycles. The van der Waals surface area contributed by atoms with E-state index in [1.54, 1.807) is 37.4 Å². The Kier molecular flexibility index (Phi) is 4.18. The number of carboxylic acids is 1. The number of rotatable bonds is 3. The number of nitrogens with zero attached hydrogens (tertiary/aromatic N) is 1. The van der Waals surface area contributed by atoms with E-state index in [2.05, 4.69) is 15.6 Å². The number of nitrogens with one attached hydrogen (secondary N) is 2. The molecule has 21 heavy (non-hydrogen) atoms. The minimum absolute atomic E-state index is 0.0792. The maximum atomic E-state index is 12.0. The second-order valence-corrected chi connectivity index (χ2v) is 4.57. The topological polar surface area (TPSA) is 91.3 Å². The first-order valence-electron chi connectivity index (χ1n) is 6.30. The molecular weight excluding hydrogens is 270 g/mol. The van der Waals surface area contributed by atoms with Gasteiger partial charge in [0.1, 0.15) is 0 Å². The van der Waals surface area contributed by atoms with Gasteiger partial charge in [-0.25, -0.2) is 9.59 Å². The maximum absolute atomic E-state index is 12.0. The van der Waals surface area contributed by atoms with E-state index in [4.69, 9.17) is 0 Å². The lowest BCUT2D eigenvalue weighted by molar-refractivity contribution is 0.0697. The molecule has 0 saturated carbocycles. The molecule has 0 atom stereocenters. The molecule has 1 aromatic carbocycles. The Bertz CT molecular complexity index is 698. The molecule has 2 rings (SSSR count). The van der Waals surface area contributed by atoms with Crippen molar-refractivity contribution in [1.29, 1.82) is 0 Å². The highest BCUT2D eigenvalue weighted by Gasteiger charge is 2.15. The average Bonchev–Trinajstić information content (AvgIpc) is 2.41. The van der Waals surface area contributed by atoms with Gasteiger partial charge in [0, 0.05) is 6.20 Å². The molecule has 0 radical (unpaired) electrons. The van der Waals surface area contributed by atoms with Crippen LogP contribution in [-0.2, 0) is 0 Å². The van der Waals surface area contributed by atoms with Crippen molar-refractivity contribution in [3.05, 3.63) is 53.3 Å². The SMILES string of the molecule is Cc1ccncc1NC(=O)Nc1cccc(C)c1C(=O)O. The monoisotopic (exact) mass is 285 g/mol. The molecule has 1 aromatic heterocycles. The fourth-order valence-corrected chi connectivity index (χ4v) is 1.93. The zero-order chi connectivity index (χ0) is 15.4. The molecule has 6 nitrogen and oxygen atoms in total. The number of carboxylic acid groups (broad SMARTS) is 1. The smallest absolute Gasteiger partial charge is 0.338 e. The van der Waals surface area contributed by atoms with Crippen LogP contribution in [0.4, 0.5) is 16.2 Å². The number of benzene rings is 1. The van der Waals surface area contributed by atoms with Gasteiger partial charge >= 0.3 is 12.0 Å². The lowest BCUT2D eigenvalue weighted by atomic mass is 10.1. The Hall–Kier alpha value is -2.89. The second kappa shape index (κ2) is 6.04. The lowest BCUT2D eigenvalue weighted by Crippen LogP contribution is -2.22. The zero-order valence-electron chi connectivity index (χ0n) is 11.7. The summed E-state index contributed by atoms with van der Waals surface area (Å²) in [5.74, 6) is -1.08. The minimum atomic E-state index is -1.08. The van der Waals surface area contributed by atoms with Crippen molar-refractivity contribution in [2.24, 2.45) is 0 Å². The summed E-state index contributed by atoms with van der Waals surface area (Å²) in [5.41, 5.74) is 2.34. The van der Waals surface area contributed by atoms with Crippen LogP contribution in [0.5, 0.6) is 0 Å². The predicted octanol–water partition coefficient (Wildman–Crippen LogP) is 3.04. The average molecular weight is 285 g/mol.